The number of amides is 1. The number of hydrogen-bond acceptors (Lipinski definition) is 4. The van der Waals surface area contributed by atoms with Gasteiger partial charge in [0.2, 0.25) is 5.91 Å². The molecule has 0 aromatic carbocycles. The molecule has 2 aliphatic heterocycles. The third kappa shape index (κ3) is 4.94. The summed E-state index contributed by atoms with van der Waals surface area (Å²) in [6.45, 7) is 7.76. The Balaban J connectivity index is 1.69. The second-order valence-corrected chi connectivity index (χ2v) is 6.61. The predicted molar refractivity (Wildman–Crippen MR) is 84.2 cm³/mol. The minimum atomic E-state index is -0.425. The maximum absolute atomic E-state index is 11.6. The van der Waals surface area contributed by atoms with Crippen molar-refractivity contribution in [3.8, 4) is 0 Å². The van der Waals surface area contributed by atoms with E-state index in [1.165, 1.54) is 38.9 Å². The molecule has 0 spiro atoms. The van der Waals surface area contributed by atoms with E-state index < -0.39 is 6.10 Å². The Labute approximate surface area is 128 Å². The molecule has 0 aromatic rings. The summed E-state index contributed by atoms with van der Waals surface area (Å²) in [4.78, 5) is 18.2. The molecule has 1 N–H and O–H groups in total. The van der Waals surface area contributed by atoms with Gasteiger partial charge in [0.15, 0.2) is 0 Å². The molecular formula is C16H31N3O2. The SMILES string of the molecule is CCCN1CCC(N(C)CC(O)CN2CCCC2=O)CC1. The first kappa shape index (κ1) is 16.7. The van der Waals surface area contributed by atoms with E-state index in [1.807, 2.05) is 4.90 Å². The molecule has 0 saturated carbocycles. The summed E-state index contributed by atoms with van der Waals surface area (Å²) < 4.78 is 0. The summed E-state index contributed by atoms with van der Waals surface area (Å²) in [7, 11) is 2.11. The normalized spacial score (nSPS) is 23.2. The summed E-state index contributed by atoms with van der Waals surface area (Å²) in [5, 5.41) is 10.2. The molecule has 2 fully saturated rings. The Morgan fingerprint density at radius 1 is 1.33 bits per heavy atom. The number of carbonyl (C=O) groups is 1. The molecule has 122 valence electrons. The van der Waals surface area contributed by atoms with Crippen molar-refractivity contribution in [2.75, 3.05) is 46.3 Å². The summed E-state index contributed by atoms with van der Waals surface area (Å²) in [6, 6.07) is 0.571. The van der Waals surface area contributed by atoms with Crippen molar-refractivity contribution < 1.29 is 9.90 Å². The standard InChI is InChI=1S/C16H31N3O2/c1-3-8-18-10-6-14(7-11-18)17(2)12-15(20)13-19-9-4-5-16(19)21/h14-15,20H,3-13H2,1-2H3. The molecule has 2 heterocycles. The van der Waals surface area contributed by atoms with Crippen LogP contribution >= 0.6 is 0 Å². The van der Waals surface area contributed by atoms with Crippen LogP contribution in [0, 0.1) is 0 Å². The van der Waals surface area contributed by atoms with E-state index in [0.717, 1.165) is 13.0 Å². The molecule has 2 aliphatic rings. The molecule has 0 aromatic heterocycles. The van der Waals surface area contributed by atoms with Crippen LogP contribution in [-0.2, 0) is 4.79 Å². The highest BCUT2D eigenvalue weighted by atomic mass is 16.3. The van der Waals surface area contributed by atoms with Crippen molar-refractivity contribution in [2.24, 2.45) is 0 Å². The number of aliphatic hydroxyl groups excluding tert-OH is 1. The van der Waals surface area contributed by atoms with E-state index in [1.54, 1.807) is 0 Å². The largest absolute Gasteiger partial charge is 0.390 e. The van der Waals surface area contributed by atoms with Crippen molar-refractivity contribution in [1.29, 1.82) is 0 Å². The van der Waals surface area contributed by atoms with E-state index in [4.69, 9.17) is 0 Å². The number of likely N-dealkylation sites (N-methyl/N-ethyl adjacent to an activating group) is 1. The monoisotopic (exact) mass is 297 g/mol. The fourth-order valence-electron chi connectivity index (χ4n) is 3.59. The van der Waals surface area contributed by atoms with Gasteiger partial charge in [-0.2, -0.15) is 0 Å². The van der Waals surface area contributed by atoms with E-state index in [0.29, 0.717) is 25.6 Å². The highest BCUT2D eigenvalue weighted by Crippen LogP contribution is 2.16. The molecule has 1 amide bonds. The minimum absolute atomic E-state index is 0.199. The van der Waals surface area contributed by atoms with Gasteiger partial charge in [-0.05, 0) is 52.4 Å². The van der Waals surface area contributed by atoms with E-state index in [9.17, 15) is 9.90 Å². The lowest BCUT2D eigenvalue weighted by Crippen LogP contribution is -2.47. The van der Waals surface area contributed by atoms with Gasteiger partial charge in [0.25, 0.3) is 0 Å². The number of piperidine rings is 1. The van der Waals surface area contributed by atoms with Gasteiger partial charge in [-0.1, -0.05) is 6.92 Å². The Hall–Kier alpha value is -0.650. The molecule has 5 heteroatoms. The van der Waals surface area contributed by atoms with Gasteiger partial charge in [0.05, 0.1) is 6.10 Å². The molecule has 21 heavy (non-hydrogen) atoms. The molecule has 0 bridgehead atoms. The predicted octanol–water partition coefficient (Wildman–Crippen LogP) is 0.776. The summed E-state index contributed by atoms with van der Waals surface area (Å²) in [6.07, 6.45) is 4.77. The second kappa shape index (κ2) is 8.11. The molecular weight excluding hydrogens is 266 g/mol. The van der Waals surface area contributed by atoms with E-state index in [-0.39, 0.29) is 5.91 Å². The fourth-order valence-corrected chi connectivity index (χ4v) is 3.59. The summed E-state index contributed by atoms with van der Waals surface area (Å²) >= 11 is 0. The molecule has 2 rings (SSSR count). The van der Waals surface area contributed by atoms with Crippen molar-refractivity contribution in [3.63, 3.8) is 0 Å². The average Bonchev–Trinajstić information content (AvgIpc) is 2.85. The van der Waals surface area contributed by atoms with E-state index >= 15 is 0 Å². The Morgan fingerprint density at radius 2 is 2.05 bits per heavy atom. The number of aliphatic hydroxyl groups is 1. The van der Waals surface area contributed by atoms with Crippen LogP contribution in [0.5, 0.6) is 0 Å². The number of likely N-dealkylation sites (tertiary alicyclic amines) is 2. The van der Waals surface area contributed by atoms with Gasteiger partial charge in [0.1, 0.15) is 0 Å². The van der Waals surface area contributed by atoms with Crippen molar-refractivity contribution in [3.05, 3.63) is 0 Å². The number of nitrogens with zero attached hydrogens (tertiary/aromatic N) is 3. The molecule has 0 aliphatic carbocycles. The van der Waals surface area contributed by atoms with Crippen molar-refractivity contribution >= 4 is 5.91 Å². The lowest BCUT2D eigenvalue weighted by Gasteiger charge is -2.37. The Kier molecular flexibility index (Phi) is 6.45. The average molecular weight is 297 g/mol. The molecule has 0 radical (unpaired) electrons. The zero-order valence-electron chi connectivity index (χ0n) is 13.6. The first-order chi connectivity index (χ1) is 10.1. The van der Waals surface area contributed by atoms with Crippen LogP contribution in [0.4, 0.5) is 0 Å². The molecule has 1 atom stereocenters. The maximum atomic E-state index is 11.6. The lowest BCUT2D eigenvalue weighted by molar-refractivity contribution is -0.129. The van der Waals surface area contributed by atoms with Crippen LogP contribution in [0.25, 0.3) is 0 Å². The first-order valence-corrected chi connectivity index (χ1v) is 8.48. The van der Waals surface area contributed by atoms with Crippen LogP contribution < -0.4 is 0 Å². The Morgan fingerprint density at radius 3 is 2.62 bits per heavy atom. The highest BCUT2D eigenvalue weighted by Gasteiger charge is 2.26. The minimum Gasteiger partial charge on any atom is -0.390 e. The van der Waals surface area contributed by atoms with E-state index in [2.05, 4.69) is 23.8 Å². The van der Waals surface area contributed by atoms with Gasteiger partial charge in [-0.25, -0.2) is 0 Å². The van der Waals surface area contributed by atoms with Crippen LogP contribution in [-0.4, -0.2) is 84.2 Å². The third-order valence-electron chi connectivity index (χ3n) is 4.82. The summed E-state index contributed by atoms with van der Waals surface area (Å²) in [5.41, 5.74) is 0. The van der Waals surface area contributed by atoms with Crippen molar-refractivity contribution in [2.45, 2.75) is 51.2 Å². The number of β-amino-alcohol motifs (C(OH)–C–C–N with tert-alkyl or cyclic N) is 1. The zero-order valence-corrected chi connectivity index (χ0v) is 13.6. The van der Waals surface area contributed by atoms with Crippen LogP contribution in [0.2, 0.25) is 0 Å². The van der Waals surface area contributed by atoms with Crippen LogP contribution in [0.15, 0.2) is 0 Å². The number of rotatable bonds is 7. The third-order valence-corrected chi connectivity index (χ3v) is 4.82. The fraction of sp³-hybridized carbons (Fsp3) is 0.938. The van der Waals surface area contributed by atoms with Crippen LogP contribution in [0.1, 0.15) is 39.0 Å². The first-order valence-electron chi connectivity index (χ1n) is 8.48. The topological polar surface area (TPSA) is 47.0 Å². The Bertz CT molecular complexity index is 329. The number of hydrogen-bond donors (Lipinski definition) is 1. The molecule has 2 saturated heterocycles. The van der Waals surface area contributed by atoms with Gasteiger partial charge in [0, 0.05) is 32.1 Å². The van der Waals surface area contributed by atoms with Crippen molar-refractivity contribution in [1.82, 2.24) is 14.7 Å². The van der Waals surface area contributed by atoms with Gasteiger partial charge < -0.3 is 19.8 Å². The number of carbonyl (C=O) groups excluding carboxylic acids is 1. The molecule has 1 unspecified atom stereocenters. The van der Waals surface area contributed by atoms with Gasteiger partial charge in [-0.15, -0.1) is 0 Å². The van der Waals surface area contributed by atoms with Gasteiger partial charge >= 0.3 is 0 Å². The quantitative estimate of drug-likeness (QED) is 0.754. The zero-order chi connectivity index (χ0) is 15.2. The molecule has 5 nitrogen and oxygen atoms in total. The summed E-state index contributed by atoms with van der Waals surface area (Å²) in [5.74, 6) is 0.199. The van der Waals surface area contributed by atoms with Gasteiger partial charge in [-0.3, -0.25) is 4.79 Å². The highest BCUT2D eigenvalue weighted by molar-refractivity contribution is 5.78. The maximum Gasteiger partial charge on any atom is 0.222 e. The second-order valence-electron chi connectivity index (χ2n) is 6.61. The lowest BCUT2D eigenvalue weighted by atomic mass is 10.0. The van der Waals surface area contributed by atoms with Crippen LogP contribution in [0.3, 0.4) is 0 Å². The smallest absolute Gasteiger partial charge is 0.222 e.